The van der Waals surface area contributed by atoms with Crippen molar-refractivity contribution in [2.24, 2.45) is 0 Å². The van der Waals surface area contributed by atoms with Crippen LogP contribution in [0.2, 0.25) is 0 Å². The molecule has 0 radical (unpaired) electrons. The van der Waals surface area contributed by atoms with Crippen LogP contribution < -0.4 is 9.80 Å². The molecule has 9 aromatic carbocycles. The van der Waals surface area contributed by atoms with E-state index in [0.717, 1.165) is 45.5 Å². The van der Waals surface area contributed by atoms with E-state index in [1.165, 1.54) is 43.6 Å². The van der Waals surface area contributed by atoms with E-state index < -0.39 is 0 Å². The van der Waals surface area contributed by atoms with Gasteiger partial charge in [0.25, 0.3) is 0 Å². The summed E-state index contributed by atoms with van der Waals surface area (Å²) in [6, 6.07) is 82.6. The van der Waals surface area contributed by atoms with E-state index in [9.17, 15) is 0 Å². The average Bonchev–Trinajstić information content (AvgIpc) is 3.82. The fraction of sp³-hybridized carbons (Fsp3) is 0. The van der Waals surface area contributed by atoms with Crippen molar-refractivity contribution >= 4 is 77.7 Å². The number of hydrogen-bond acceptors (Lipinski definition) is 2. The van der Waals surface area contributed by atoms with E-state index >= 15 is 0 Å². The second-order valence-electron chi connectivity index (χ2n) is 14.6. The van der Waals surface area contributed by atoms with Crippen molar-refractivity contribution in [1.82, 2.24) is 9.13 Å². The predicted octanol–water partition coefficient (Wildman–Crippen LogP) is 14.8. The topological polar surface area (TPSA) is 16.3 Å². The normalized spacial score (nSPS) is 11.4. The number of benzene rings is 9. The summed E-state index contributed by atoms with van der Waals surface area (Å²) < 4.78 is 4.88. The molecule has 11 rings (SSSR count). The molecule has 2 heterocycles. The first-order valence-corrected chi connectivity index (χ1v) is 19.8. The first-order chi connectivity index (χ1) is 28.8. The van der Waals surface area contributed by atoms with Gasteiger partial charge in [-0.25, -0.2) is 0 Å². The Balaban J connectivity index is 1.09. The molecule has 0 atom stereocenters. The van der Waals surface area contributed by atoms with Crippen LogP contribution in [-0.4, -0.2) is 9.13 Å². The molecule has 0 amide bonds. The summed E-state index contributed by atoms with van der Waals surface area (Å²) in [6.45, 7) is 0. The molecule has 2 aromatic heterocycles. The van der Waals surface area contributed by atoms with Gasteiger partial charge in [0, 0.05) is 67.0 Å². The Bertz CT molecular complexity index is 3110. The molecule has 11 aromatic rings. The minimum absolute atomic E-state index is 1.10. The molecule has 0 aliphatic rings. The van der Waals surface area contributed by atoms with Gasteiger partial charge in [-0.1, -0.05) is 115 Å². The molecule has 0 bridgehead atoms. The van der Waals surface area contributed by atoms with Crippen molar-refractivity contribution in [3.63, 3.8) is 0 Å². The van der Waals surface area contributed by atoms with E-state index in [1.54, 1.807) is 0 Å². The van der Waals surface area contributed by atoms with E-state index in [0.29, 0.717) is 0 Å². The molecule has 274 valence electrons. The molecular weight excluding hydrogens is 705 g/mol. The lowest BCUT2D eigenvalue weighted by Crippen LogP contribution is -2.09. The lowest BCUT2D eigenvalue weighted by molar-refractivity contribution is 1.17. The quantitative estimate of drug-likeness (QED) is 0.154. The largest absolute Gasteiger partial charge is 0.311 e. The number of nitrogens with zero attached hydrogens (tertiary/aromatic N) is 4. The fourth-order valence-electron chi connectivity index (χ4n) is 8.76. The first kappa shape index (κ1) is 33.5. The fourth-order valence-corrected chi connectivity index (χ4v) is 8.76. The van der Waals surface area contributed by atoms with Crippen molar-refractivity contribution in [2.45, 2.75) is 0 Å². The Labute approximate surface area is 337 Å². The molecule has 0 fully saturated rings. The van der Waals surface area contributed by atoms with E-state index in [-0.39, 0.29) is 0 Å². The SMILES string of the molecule is c1ccc(N(c2ccccc2)c2ccc(-n3c4ccccc4c4c3ccc3c5ccccc5n(-c5ccc(N(c6ccccc6)c6ccccc6)cc5)c34)cc2)cc1. The van der Waals surface area contributed by atoms with Crippen molar-refractivity contribution in [2.75, 3.05) is 9.80 Å². The summed E-state index contributed by atoms with van der Waals surface area (Å²) in [6.07, 6.45) is 0. The monoisotopic (exact) mass is 742 g/mol. The first-order valence-electron chi connectivity index (χ1n) is 19.8. The van der Waals surface area contributed by atoms with Gasteiger partial charge in [0.05, 0.1) is 22.1 Å². The van der Waals surface area contributed by atoms with Gasteiger partial charge in [-0.2, -0.15) is 0 Å². The molecular formula is C54H38N4. The summed E-state index contributed by atoms with van der Waals surface area (Å²) in [5.41, 5.74) is 13.7. The Morgan fingerprint density at radius 1 is 0.241 bits per heavy atom. The van der Waals surface area contributed by atoms with Crippen LogP contribution in [-0.2, 0) is 0 Å². The van der Waals surface area contributed by atoms with E-state index in [1.807, 2.05) is 0 Å². The summed E-state index contributed by atoms with van der Waals surface area (Å²) in [5.74, 6) is 0. The number of rotatable bonds is 8. The number of para-hydroxylation sites is 6. The number of aromatic nitrogens is 2. The van der Waals surface area contributed by atoms with Crippen LogP contribution >= 0.6 is 0 Å². The van der Waals surface area contributed by atoms with Gasteiger partial charge >= 0.3 is 0 Å². The summed E-state index contributed by atoms with van der Waals surface area (Å²) in [4.78, 5) is 4.62. The third kappa shape index (κ3) is 5.54. The second-order valence-corrected chi connectivity index (χ2v) is 14.6. The van der Waals surface area contributed by atoms with Gasteiger partial charge < -0.3 is 18.9 Å². The Kier molecular flexibility index (Phi) is 8.11. The molecule has 0 saturated heterocycles. The zero-order valence-corrected chi connectivity index (χ0v) is 31.7. The summed E-state index contributed by atoms with van der Waals surface area (Å²) >= 11 is 0. The molecule has 0 N–H and O–H groups in total. The number of anilines is 6. The number of hydrogen-bond donors (Lipinski definition) is 0. The molecule has 58 heavy (non-hydrogen) atoms. The van der Waals surface area contributed by atoms with Gasteiger partial charge in [0.1, 0.15) is 0 Å². The average molecular weight is 743 g/mol. The maximum absolute atomic E-state index is 2.46. The zero-order valence-electron chi connectivity index (χ0n) is 31.7. The van der Waals surface area contributed by atoms with Gasteiger partial charge in [-0.05, 0) is 115 Å². The summed E-state index contributed by atoms with van der Waals surface area (Å²) in [5, 5.41) is 4.94. The van der Waals surface area contributed by atoms with Crippen molar-refractivity contribution in [3.8, 4) is 11.4 Å². The maximum Gasteiger partial charge on any atom is 0.0641 e. The molecule has 0 aliphatic heterocycles. The highest BCUT2D eigenvalue weighted by atomic mass is 15.1. The third-order valence-electron chi connectivity index (χ3n) is 11.3. The van der Waals surface area contributed by atoms with E-state index in [2.05, 4.69) is 249 Å². The summed E-state index contributed by atoms with van der Waals surface area (Å²) in [7, 11) is 0. The maximum atomic E-state index is 2.46. The number of fused-ring (bicyclic) bond motifs is 7. The Morgan fingerprint density at radius 3 is 1.07 bits per heavy atom. The Morgan fingerprint density at radius 2 is 0.603 bits per heavy atom. The minimum Gasteiger partial charge on any atom is -0.311 e. The third-order valence-corrected chi connectivity index (χ3v) is 11.3. The zero-order chi connectivity index (χ0) is 38.4. The lowest BCUT2D eigenvalue weighted by Gasteiger charge is -2.25. The van der Waals surface area contributed by atoms with Crippen LogP contribution in [0.4, 0.5) is 34.1 Å². The second kappa shape index (κ2) is 14.0. The van der Waals surface area contributed by atoms with Crippen LogP contribution in [0.25, 0.3) is 55.0 Å². The highest BCUT2D eigenvalue weighted by molar-refractivity contribution is 6.26. The van der Waals surface area contributed by atoms with Crippen LogP contribution in [0.1, 0.15) is 0 Å². The molecule has 0 unspecified atom stereocenters. The molecule has 4 heteroatoms. The smallest absolute Gasteiger partial charge is 0.0641 e. The highest BCUT2D eigenvalue weighted by Crippen LogP contribution is 2.43. The van der Waals surface area contributed by atoms with Gasteiger partial charge in [0.15, 0.2) is 0 Å². The van der Waals surface area contributed by atoms with Crippen LogP contribution in [0.15, 0.2) is 231 Å². The minimum atomic E-state index is 1.10. The highest BCUT2D eigenvalue weighted by Gasteiger charge is 2.22. The van der Waals surface area contributed by atoms with Crippen molar-refractivity contribution in [3.05, 3.63) is 231 Å². The van der Waals surface area contributed by atoms with Gasteiger partial charge in [-0.15, -0.1) is 0 Å². The molecule has 0 spiro atoms. The van der Waals surface area contributed by atoms with Crippen LogP contribution in [0.5, 0.6) is 0 Å². The van der Waals surface area contributed by atoms with Crippen LogP contribution in [0.3, 0.4) is 0 Å². The van der Waals surface area contributed by atoms with Gasteiger partial charge in [-0.3, -0.25) is 0 Å². The standard InChI is InChI=1S/C54H38N4/c1-5-17-39(18-6-1)55(40-19-7-2-8-20-40)43-29-33-45(34-30-43)57-51-28-16-14-26-49(51)53-52(57)38-37-48-47-25-13-15-27-50(47)58(54(48)53)46-35-31-44(32-36-46)56(41-21-9-3-10-22-41)42-23-11-4-12-24-42/h1-38H. The van der Waals surface area contributed by atoms with E-state index in [4.69, 9.17) is 0 Å². The molecule has 4 nitrogen and oxygen atoms in total. The Hall–Kier alpha value is -7.82. The molecule has 0 saturated carbocycles. The van der Waals surface area contributed by atoms with Crippen molar-refractivity contribution < 1.29 is 0 Å². The van der Waals surface area contributed by atoms with Crippen molar-refractivity contribution in [1.29, 1.82) is 0 Å². The molecule has 0 aliphatic carbocycles. The van der Waals surface area contributed by atoms with Gasteiger partial charge in [0.2, 0.25) is 0 Å². The lowest BCUT2D eigenvalue weighted by atomic mass is 10.1. The predicted molar refractivity (Wildman–Crippen MR) is 244 cm³/mol. The van der Waals surface area contributed by atoms with Crippen LogP contribution in [0, 0.1) is 0 Å².